The van der Waals surface area contributed by atoms with E-state index in [-0.39, 0.29) is 11.4 Å². The molecular formula is C11H14N4O2S. The van der Waals surface area contributed by atoms with Crippen molar-refractivity contribution in [2.24, 2.45) is 7.05 Å². The maximum absolute atomic E-state index is 12.0. The van der Waals surface area contributed by atoms with Crippen LogP contribution in [0.1, 0.15) is 5.69 Å². The summed E-state index contributed by atoms with van der Waals surface area (Å²) in [5, 5.41) is 3.97. The second kappa shape index (κ2) is 4.79. The Morgan fingerprint density at radius 3 is 2.78 bits per heavy atom. The number of sulfonamides is 1. The summed E-state index contributed by atoms with van der Waals surface area (Å²) < 4.78 is 28.1. The first-order valence-corrected chi connectivity index (χ1v) is 6.79. The summed E-state index contributed by atoms with van der Waals surface area (Å²) >= 11 is 0. The number of nitrogens with two attached hydrogens (primary N) is 1. The van der Waals surface area contributed by atoms with Crippen LogP contribution in [0.25, 0.3) is 0 Å². The third-order valence-electron chi connectivity index (χ3n) is 2.53. The molecule has 0 unspecified atom stereocenters. The molecule has 3 N–H and O–H groups in total. The van der Waals surface area contributed by atoms with E-state index in [1.165, 1.54) is 12.1 Å². The zero-order chi connectivity index (χ0) is 13.2. The van der Waals surface area contributed by atoms with Crippen molar-refractivity contribution in [3.05, 3.63) is 42.2 Å². The first-order valence-electron chi connectivity index (χ1n) is 5.31. The van der Waals surface area contributed by atoms with Crippen LogP contribution in [-0.4, -0.2) is 18.2 Å². The highest BCUT2D eigenvalue weighted by molar-refractivity contribution is 7.89. The summed E-state index contributed by atoms with van der Waals surface area (Å²) in [7, 11) is -1.79. The van der Waals surface area contributed by atoms with Gasteiger partial charge in [0.1, 0.15) is 0 Å². The second-order valence-corrected chi connectivity index (χ2v) is 5.61. The number of nitrogen functional groups attached to an aromatic ring is 1. The lowest BCUT2D eigenvalue weighted by Crippen LogP contribution is -2.24. The number of rotatable bonds is 4. The van der Waals surface area contributed by atoms with Crippen LogP contribution in [0.2, 0.25) is 0 Å². The van der Waals surface area contributed by atoms with Gasteiger partial charge in [0.2, 0.25) is 10.0 Å². The van der Waals surface area contributed by atoms with Crippen LogP contribution in [0.5, 0.6) is 0 Å². The lowest BCUT2D eigenvalue weighted by Gasteiger charge is -2.07. The quantitative estimate of drug-likeness (QED) is 0.788. The van der Waals surface area contributed by atoms with Gasteiger partial charge in [-0.1, -0.05) is 6.07 Å². The molecule has 0 saturated carbocycles. The minimum atomic E-state index is -3.55. The maximum Gasteiger partial charge on any atom is 0.240 e. The molecule has 0 bridgehead atoms. The Morgan fingerprint density at radius 1 is 1.39 bits per heavy atom. The smallest absolute Gasteiger partial charge is 0.240 e. The number of aryl methyl sites for hydroxylation is 1. The van der Waals surface area contributed by atoms with Crippen molar-refractivity contribution in [3.63, 3.8) is 0 Å². The van der Waals surface area contributed by atoms with Crippen LogP contribution in [0.4, 0.5) is 5.69 Å². The Labute approximate surface area is 105 Å². The van der Waals surface area contributed by atoms with E-state index >= 15 is 0 Å². The fraction of sp³-hybridized carbons (Fsp3) is 0.182. The largest absolute Gasteiger partial charge is 0.399 e. The van der Waals surface area contributed by atoms with Gasteiger partial charge < -0.3 is 5.73 Å². The highest BCUT2D eigenvalue weighted by Gasteiger charge is 2.14. The number of hydrogen-bond donors (Lipinski definition) is 2. The third kappa shape index (κ3) is 2.69. The normalized spacial score (nSPS) is 11.6. The predicted octanol–water partition coefficient (Wildman–Crippen LogP) is 0.481. The molecule has 0 saturated heterocycles. The van der Waals surface area contributed by atoms with Crippen molar-refractivity contribution in [1.82, 2.24) is 14.5 Å². The Kier molecular flexibility index (Phi) is 3.35. The van der Waals surface area contributed by atoms with E-state index in [0.29, 0.717) is 5.69 Å². The Hall–Kier alpha value is -1.86. The van der Waals surface area contributed by atoms with E-state index in [1.54, 1.807) is 36.1 Å². The van der Waals surface area contributed by atoms with Crippen LogP contribution in [-0.2, 0) is 23.6 Å². The molecule has 0 radical (unpaired) electrons. The van der Waals surface area contributed by atoms with Crippen molar-refractivity contribution in [3.8, 4) is 0 Å². The fourth-order valence-corrected chi connectivity index (χ4v) is 2.56. The van der Waals surface area contributed by atoms with E-state index < -0.39 is 10.0 Å². The number of anilines is 1. The molecule has 0 amide bonds. The summed E-state index contributed by atoms with van der Waals surface area (Å²) in [4.78, 5) is 0.157. The molecule has 0 aliphatic carbocycles. The van der Waals surface area contributed by atoms with Gasteiger partial charge in [0.15, 0.2) is 0 Å². The summed E-state index contributed by atoms with van der Waals surface area (Å²) in [6, 6.07) is 7.92. The molecule has 0 spiro atoms. The molecule has 0 fully saturated rings. The van der Waals surface area contributed by atoms with Crippen molar-refractivity contribution in [2.45, 2.75) is 11.4 Å². The van der Waals surface area contributed by atoms with Crippen molar-refractivity contribution >= 4 is 15.7 Å². The van der Waals surface area contributed by atoms with Gasteiger partial charge in [0, 0.05) is 18.9 Å². The molecule has 2 aromatic rings. The molecule has 96 valence electrons. The van der Waals surface area contributed by atoms with E-state index in [1.807, 2.05) is 0 Å². The first kappa shape index (κ1) is 12.6. The highest BCUT2D eigenvalue weighted by Crippen LogP contribution is 2.12. The number of nitrogens with one attached hydrogen (secondary N) is 1. The predicted molar refractivity (Wildman–Crippen MR) is 68.1 cm³/mol. The lowest BCUT2D eigenvalue weighted by molar-refractivity contribution is 0.577. The fourth-order valence-electron chi connectivity index (χ4n) is 1.51. The minimum absolute atomic E-state index is 0.157. The van der Waals surface area contributed by atoms with Crippen LogP contribution in [0.3, 0.4) is 0 Å². The average Bonchev–Trinajstić information content (AvgIpc) is 2.72. The number of nitrogens with zero attached hydrogens (tertiary/aromatic N) is 2. The Morgan fingerprint density at radius 2 is 2.17 bits per heavy atom. The summed E-state index contributed by atoms with van der Waals surface area (Å²) in [6.07, 6.45) is 1.62. The van der Waals surface area contributed by atoms with Gasteiger partial charge in [-0.3, -0.25) is 4.68 Å². The Bertz CT molecular complexity index is 649. The molecule has 1 aromatic heterocycles. The summed E-state index contributed by atoms with van der Waals surface area (Å²) in [6.45, 7) is 0.188. The molecule has 7 heteroatoms. The van der Waals surface area contributed by atoms with E-state index in [4.69, 9.17) is 5.73 Å². The molecule has 0 atom stereocenters. The topological polar surface area (TPSA) is 90.0 Å². The molecule has 6 nitrogen and oxygen atoms in total. The maximum atomic E-state index is 12.0. The van der Waals surface area contributed by atoms with Crippen LogP contribution in [0, 0.1) is 0 Å². The van der Waals surface area contributed by atoms with Gasteiger partial charge in [0.05, 0.1) is 17.1 Å². The summed E-state index contributed by atoms with van der Waals surface area (Å²) in [5.41, 5.74) is 6.76. The van der Waals surface area contributed by atoms with E-state index in [0.717, 1.165) is 5.69 Å². The van der Waals surface area contributed by atoms with E-state index in [9.17, 15) is 8.42 Å². The molecule has 2 rings (SSSR count). The van der Waals surface area contributed by atoms with Gasteiger partial charge in [-0.05, 0) is 24.3 Å². The van der Waals surface area contributed by atoms with Gasteiger partial charge in [-0.2, -0.15) is 5.10 Å². The lowest BCUT2D eigenvalue weighted by atomic mass is 10.3. The van der Waals surface area contributed by atoms with Gasteiger partial charge in [0.25, 0.3) is 0 Å². The van der Waals surface area contributed by atoms with Crippen molar-refractivity contribution < 1.29 is 8.42 Å². The van der Waals surface area contributed by atoms with E-state index in [2.05, 4.69) is 9.82 Å². The first-order chi connectivity index (χ1) is 8.49. The zero-order valence-corrected chi connectivity index (χ0v) is 10.7. The molecule has 18 heavy (non-hydrogen) atoms. The number of benzene rings is 1. The van der Waals surface area contributed by atoms with Gasteiger partial charge in [-0.25, -0.2) is 13.1 Å². The number of aromatic nitrogens is 2. The molecular weight excluding hydrogens is 252 g/mol. The van der Waals surface area contributed by atoms with Crippen molar-refractivity contribution in [1.29, 1.82) is 0 Å². The van der Waals surface area contributed by atoms with Crippen molar-refractivity contribution in [2.75, 3.05) is 5.73 Å². The monoisotopic (exact) mass is 266 g/mol. The zero-order valence-electron chi connectivity index (χ0n) is 9.87. The summed E-state index contributed by atoms with van der Waals surface area (Å²) in [5.74, 6) is 0. The average molecular weight is 266 g/mol. The molecule has 1 heterocycles. The van der Waals surface area contributed by atoms with Crippen LogP contribution in [0.15, 0.2) is 41.4 Å². The number of hydrogen-bond acceptors (Lipinski definition) is 4. The minimum Gasteiger partial charge on any atom is -0.399 e. The third-order valence-corrected chi connectivity index (χ3v) is 3.93. The van der Waals surface area contributed by atoms with Crippen LogP contribution >= 0.6 is 0 Å². The standard InChI is InChI=1S/C11H14N4O2S/c1-15-10(5-6-13-15)8-14-18(16,17)11-4-2-3-9(12)7-11/h2-7,14H,8,12H2,1H3. The molecule has 0 aliphatic heterocycles. The Balaban J connectivity index is 2.16. The SMILES string of the molecule is Cn1nccc1CNS(=O)(=O)c1cccc(N)c1. The second-order valence-electron chi connectivity index (χ2n) is 3.84. The van der Waals surface area contributed by atoms with Gasteiger partial charge >= 0.3 is 0 Å². The molecule has 1 aromatic carbocycles. The highest BCUT2D eigenvalue weighted by atomic mass is 32.2. The van der Waals surface area contributed by atoms with Gasteiger partial charge in [-0.15, -0.1) is 0 Å². The molecule has 0 aliphatic rings. The van der Waals surface area contributed by atoms with Crippen LogP contribution < -0.4 is 10.5 Å².